The van der Waals surface area contributed by atoms with E-state index in [0.29, 0.717) is 17.7 Å². The summed E-state index contributed by atoms with van der Waals surface area (Å²) < 4.78 is 0. The van der Waals surface area contributed by atoms with Gasteiger partial charge in [-0.3, -0.25) is 9.59 Å². The highest BCUT2D eigenvalue weighted by atomic mass is 16.4. The molecule has 5 heteroatoms. The highest BCUT2D eigenvalue weighted by molar-refractivity contribution is 5.98. The van der Waals surface area contributed by atoms with Crippen LogP contribution in [0.25, 0.3) is 0 Å². The zero-order valence-corrected chi connectivity index (χ0v) is 12.1. The van der Waals surface area contributed by atoms with E-state index in [1.807, 2.05) is 20.8 Å². The summed E-state index contributed by atoms with van der Waals surface area (Å²) in [5, 5.41) is 12.1. The van der Waals surface area contributed by atoms with E-state index in [4.69, 9.17) is 10.8 Å². The first-order chi connectivity index (χ1) is 9.19. The second-order valence-corrected chi connectivity index (χ2v) is 6.11. The number of hydrogen-bond donors (Lipinski definition) is 3. The van der Waals surface area contributed by atoms with Crippen LogP contribution >= 0.6 is 0 Å². The summed E-state index contributed by atoms with van der Waals surface area (Å²) in [5.74, 6) is -1.40. The summed E-state index contributed by atoms with van der Waals surface area (Å²) in [4.78, 5) is 22.3. The van der Waals surface area contributed by atoms with Crippen molar-refractivity contribution in [1.82, 2.24) is 0 Å². The van der Waals surface area contributed by atoms with Crippen molar-refractivity contribution in [2.24, 2.45) is 11.1 Å². The fourth-order valence-electron chi connectivity index (χ4n) is 2.17. The van der Waals surface area contributed by atoms with Crippen LogP contribution in [0.4, 0.5) is 5.69 Å². The molecule has 1 atom stereocenters. The molecule has 0 aliphatic carbocycles. The number of rotatable bonds is 6. The molecule has 0 aliphatic heterocycles. The predicted octanol–water partition coefficient (Wildman–Crippen LogP) is 2.48. The van der Waals surface area contributed by atoms with Gasteiger partial charge >= 0.3 is 5.97 Å². The third-order valence-electron chi connectivity index (χ3n) is 2.83. The van der Waals surface area contributed by atoms with Gasteiger partial charge in [0.25, 0.3) is 5.91 Å². The number of carboxylic acids is 1. The molecule has 0 radical (unpaired) electrons. The fourth-order valence-corrected chi connectivity index (χ4v) is 2.17. The molecule has 0 spiro atoms. The Morgan fingerprint density at radius 3 is 2.40 bits per heavy atom. The van der Waals surface area contributed by atoms with Crippen LogP contribution < -0.4 is 11.1 Å². The van der Waals surface area contributed by atoms with Crippen LogP contribution in [0.15, 0.2) is 24.3 Å². The average Bonchev–Trinajstić information content (AvgIpc) is 2.25. The second-order valence-electron chi connectivity index (χ2n) is 6.11. The van der Waals surface area contributed by atoms with Gasteiger partial charge in [-0.1, -0.05) is 32.9 Å². The van der Waals surface area contributed by atoms with Crippen molar-refractivity contribution in [3.63, 3.8) is 0 Å². The van der Waals surface area contributed by atoms with Gasteiger partial charge in [0.1, 0.15) is 0 Å². The largest absolute Gasteiger partial charge is 0.481 e. The average molecular weight is 278 g/mol. The van der Waals surface area contributed by atoms with Gasteiger partial charge in [-0.05, 0) is 24.0 Å². The van der Waals surface area contributed by atoms with Gasteiger partial charge in [0.2, 0.25) is 0 Å². The Morgan fingerprint density at radius 1 is 1.30 bits per heavy atom. The number of nitrogens with two attached hydrogens (primary N) is 1. The molecular formula is C15H22N2O3. The SMILES string of the molecule is CC(C)(C)CC(CC(=O)O)Nc1ccccc1C(N)=O. The summed E-state index contributed by atoms with van der Waals surface area (Å²) in [7, 11) is 0. The lowest BCUT2D eigenvalue weighted by Gasteiger charge is -2.27. The van der Waals surface area contributed by atoms with E-state index in [1.165, 1.54) is 0 Å². The monoisotopic (exact) mass is 278 g/mol. The standard InChI is InChI=1S/C15H22N2O3/c1-15(2,3)9-10(8-13(18)19)17-12-7-5-4-6-11(12)14(16)20/h4-7,10,17H,8-9H2,1-3H3,(H2,16,20)(H,18,19). The molecule has 1 aromatic carbocycles. The summed E-state index contributed by atoms with van der Waals surface area (Å²) in [6.07, 6.45) is 0.663. The molecule has 20 heavy (non-hydrogen) atoms. The van der Waals surface area contributed by atoms with E-state index in [0.717, 1.165) is 0 Å². The van der Waals surface area contributed by atoms with Gasteiger partial charge in [-0.25, -0.2) is 0 Å². The Bertz CT molecular complexity index is 492. The van der Waals surface area contributed by atoms with Crippen molar-refractivity contribution < 1.29 is 14.7 Å². The molecule has 4 N–H and O–H groups in total. The van der Waals surface area contributed by atoms with Gasteiger partial charge in [-0.15, -0.1) is 0 Å². The maximum absolute atomic E-state index is 11.4. The highest BCUT2D eigenvalue weighted by Gasteiger charge is 2.22. The Hall–Kier alpha value is -2.04. The molecule has 1 amide bonds. The van der Waals surface area contributed by atoms with Gasteiger partial charge in [-0.2, -0.15) is 0 Å². The van der Waals surface area contributed by atoms with Crippen LogP contribution in [0.5, 0.6) is 0 Å². The highest BCUT2D eigenvalue weighted by Crippen LogP contribution is 2.25. The lowest BCUT2D eigenvalue weighted by molar-refractivity contribution is -0.137. The predicted molar refractivity (Wildman–Crippen MR) is 78.7 cm³/mol. The quantitative estimate of drug-likeness (QED) is 0.745. The van der Waals surface area contributed by atoms with Gasteiger partial charge in [0.15, 0.2) is 0 Å². The first kappa shape index (κ1) is 16.0. The molecule has 0 heterocycles. The van der Waals surface area contributed by atoms with Gasteiger partial charge in [0, 0.05) is 11.7 Å². The molecule has 0 fully saturated rings. The second kappa shape index (κ2) is 6.41. The van der Waals surface area contributed by atoms with Crippen molar-refractivity contribution >= 4 is 17.6 Å². The van der Waals surface area contributed by atoms with Crippen LogP contribution in [-0.2, 0) is 4.79 Å². The molecule has 1 aromatic rings. The number of aliphatic carboxylic acids is 1. The summed E-state index contributed by atoms with van der Waals surface area (Å²) in [6.45, 7) is 6.14. The molecule has 0 aromatic heterocycles. The van der Waals surface area contributed by atoms with Crippen molar-refractivity contribution in [3.8, 4) is 0 Å². The van der Waals surface area contributed by atoms with Crippen LogP contribution in [0, 0.1) is 5.41 Å². The van der Waals surface area contributed by atoms with E-state index >= 15 is 0 Å². The van der Waals surface area contributed by atoms with Crippen LogP contribution in [0.2, 0.25) is 0 Å². The normalized spacial score (nSPS) is 12.8. The number of anilines is 1. The summed E-state index contributed by atoms with van der Waals surface area (Å²) >= 11 is 0. The van der Waals surface area contributed by atoms with Crippen molar-refractivity contribution in [2.75, 3.05) is 5.32 Å². The van der Waals surface area contributed by atoms with Crippen LogP contribution in [0.3, 0.4) is 0 Å². The Balaban J connectivity index is 2.94. The smallest absolute Gasteiger partial charge is 0.305 e. The molecule has 0 aliphatic rings. The number of carbonyl (C=O) groups excluding carboxylic acids is 1. The zero-order chi connectivity index (χ0) is 15.3. The topological polar surface area (TPSA) is 92.4 Å². The molecule has 0 bridgehead atoms. The van der Waals surface area contributed by atoms with Crippen molar-refractivity contribution in [3.05, 3.63) is 29.8 Å². The molecule has 1 unspecified atom stereocenters. The first-order valence-electron chi connectivity index (χ1n) is 6.56. The number of primary amides is 1. The number of para-hydroxylation sites is 1. The number of carbonyl (C=O) groups is 2. The number of carboxylic acid groups (broad SMARTS) is 1. The van der Waals surface area contributed by atoms with Gasteiger partial charge in [0.05, 0.1) is 12.0 Å². The zero-order valence-electron chi connectivity index (χ0n) is 12.1. The van der Waals surface area contributed by atoms with E-state index < -0.39 is 11.9 Å². The van der Waals surface area contributed by atoms with E-state index in [9.17, 15) is 9.59 Å². The summed E-state index contributed by atoms with van der Waals surface area (Å²) in [6, 6.07) is 6.61. The van der Waals surface area contributed by atoms with Crippen molar-refractivity contribution in [2.45, 2.75) is 39.7 Å². The maximum atomic E-state index is 11.4. The van der Waals surface area contributed by atoms with Crippen LogP contribution in [-0.4, -0.2) is 23.0 Å². The van der Waals surface area contributed by atoms with Gasteiger partial charge < -0.3 is 16.2 Å². The molecule has 0 saturated heterocycles. The number of hydrogen-bond acceptors (Lipinski definition) is 3. The molecule has 0 saturated carbocycles. The number of benzene rings is 1. The molecule has 110 valence electrons. The van der Waals surface area contributed by atoms with E-state index in [2.05, 4.69) is 5.32 Å². The Kier molecular flexibility index (Phi) is 5.13. The fraction of sp³-hybridized carbons (Fsp3) is 0.467. The number of amides is 1. The minimum absolute atomic E-state index is 0.00956. The Morgan fingerprint density at radius 2 is 1.90 bits per heavy atom. The van der Waals surface area contributed by atoms with E-state index in [-0.39, 0.29) is 17.9 Å². The van der Waals surface area contributed by atoms with Crippen molar-refractivity contribution in [1.29, 1.82) is 0 Å². The first-order valence-corrected chi connectivity index (χ1v) is 6.56. The Labute approximate surface area is 119 Å². The minimum atomic E-state index is -0.872. The maximum Gasteiger partial charge on any atom is 0.305 e. The minimum Gasteiger partial charge on any atom is -0.481 e. The lowest BCUT2D eigenvalue weighted by atomic mass is 9.87. The molecular weight excluding hydrogens is 256 g/mol. The third-order valence-corrected chi connectivity index (χ3v) is 2.83. The van der Waals surface area contributed by atoms with E-state index in [1.54, 1.807) is 24.3 Å². The number of nitrogens with one attached hydrogen (secondary N) is 1. The van der Waals surface area contributed by atoms with Crippen LogP contribution in [0.1, 0.15) is 44.0 Å². The lowest BCUT2D eigenvalue weighted by Crippen LogP contribution is -2.29. The molecule has 5 nitrogen and oxygen atoms in total. The summed E-state index contributed by atoms with van der Waals surface area (Å²) in [5.41, 5.74) is 6.26. The molecule has 1 rings (SSSR count). The third kappa shape index (κ3) is 5.30.